The maximum Gasteiger partial charge on any atom is 0.0267 e. The van der Waals surface area contributed by atoms with Crippen molar-refractivity contribution in [2.45, 2.75) is 33.6 Å². The molecule has 0 nitrogen and oxygen atoms in total. The molecule has 1 aromatic carbocycles. The van der Waals surface area contributed by atoms with Crippen LogP contribution in [0.5, 0.6) is 0 Å². The van der Waals surface area contributed by atoms with Crippen LogP contribution in [0.25, 0.3) is 11.1 Å². The third kappa shape index (κ3) is 2.57. The van der Waals surface area contributed by atoms with Crippen molar-refractivity contribution in [2.24, 2.45) is 23.2 Å². The first-order valence-corrected chi connectivity index (χ1v) is 10.4. The first-order chi connectivity index (χ1) is 13.1. The second-order valence-corrected chi connectivity index (χ2v) is 8.86. The highest BCUT2D eigenvalue weighted by Gasteiger charge is 2.40. The Kier molecular flexibility index (Phi) is 3.79. The minimum absolute atomic E-state index is 0.0174. The predicted molar refractivity (Wildman–Crippen MR) is 115 cm³/mol. The van der Waals surface area contributed by atoms with Crippen LogP contribution in [0.1, 0.15) is 33.6 Å². The van der Waals surface area contributed by atoms with Crippen molar-refractivity contribution >= 4 is 11.1 Å². The number of fused-ring (bicyclic) bond motifs is 2. The van der Waals surface area contributed by atoms with Gasteiger partial charge in [0.1, 0.15) is 0 Å². The second-order valence-electron chi connectivity index (χ2n) is 8.86. The summed E-state index contributed by atoms with van der Waals surface area (Å²) in [5.74, 6) is 1.62. The van der Waals surface area contributed by atoms with Crippen LogP contribution in [0.4, 0.5) is 0 Å². The molecule has 4 aliphatic rings. The van der Waals surface area contributed by atoms with E-state index in [1.165, 1.54) is 34.4 Å². The summed E-state index contributed by atoms with van der Waals surface area (Å²) >= 11 is 0. The van der Waals surface area contributed by atoms with Gasteiger partial charge in [0.15, 0.2) is 0 Å². The molecule has 4 atom stereocenters. The van der Waals surface area contributed by atoms with Gasteiger partial charge in [-0.3, -0.25) is 0 Å². The number of hydrogen-bond donors (Lipinski definition) is 0. The first-order valence-electron chi connectivity index (χ1n) is 10.4. The van der Waals surface area contributed by atoms with E-state index in [1.54, 1.807) is 11.1 Å². The fraction of sp³-hybridized carbons (Fsp3) is 0.333. The quantitative estimate of drug-likeness (QED) is 0.639. The van der Waals surface area contributed by atoms with Crippen molar-refractivity contribution in [3.8, 4) is 0 Å². The molecule has 4 aliphatic carbocycles. The summed E-state index contributed by atoms with van der Waals surface area (Å²) < 4.78 is 0. The van der Waals surface area contributed by atoms with Crippen molar-refractivity contribution in [3.05, 3.63) is 94.5 Å². The average Bonchev–Trinajstić information content (AvgIpc) is 3.25. The molecule has 0 spiro atoms. The number of allylic oxidation sites excluding steroid dienone is 10. The van der Waals surface area contributed by atoms with Gasteiger partial charge in [0.05, 0.1) is 0 Å². The summed E-state index contributed by atoms with van der Waals surface area (Å²) in [7, 11) is 0. The average molecular weight is 353 g/mol. The molecule has 0 fully saturated rings. The molecular formula is C27H28. The van der Waals surface area contributed by atoms with Gasteiger partial charge in [-0.15, -0.1) is 0 Å². The summed E-state index contributed by atoms with van der Waals surface area (Å²) in [5.41, 5.74) is 6.02. The summed E-state index contributed by atoms with van der Waals surface area (Å²) in [4.78, 5) is 0. The Morgan fingerprint density at radius 2 is 1.85 bits per heavy atom. The van der Waals surface area contributed by atoms with E-state index in [0.29, 0.717) is 17.8 Å². The molecule has 136 valence electrons. The van der Waals surface area contributed by atoms with E-state index in [2.05, 4.69) is 93.6 Å². The van der Waals surface area contributed by atoms with Gasteiger partial charge < -0.3 is 0 Å². The molecule has 4 unspecified atom stereocenters. The predicted octanol–water partition coefficient (Wildman–Crippen LogP) is 5.24. The molecule has 0 saturated carbocycles. The minimum atomic E-state index is 0.0174. The molecule has 1 aromatic rings. The first kappa shape index (κ1) is 16.8. The lowest BCUT2D eigenvalue weighted by Crippen LogP contribution is -2.44. The van der Waals surface area contributed by atoms with Gasteiger partial charge in [-0.2, -0.15) is 0 Å². The lowest BCUT2D eigenvalue weighted by atomic mass is 9.63. The molecule has 27 heavy (non-hydrogen) atoms. The van der Waals surface area contributed by atoms with Gasteiger partial charge >= 0.3 is 0 Å². The van der Waals surface area contributed by atoms with Crippen molar-refractivity contribution in [3.63, 3.8) is 0 Å². The number of benzene rings is 1. The van der Waals surface area contributed by atoms with Gasteiger partial charge in [-0.05, 0) is 65.7 Å². The molecule has 0 heterocycles. The van der Waals surface area contributed by atoms with E-state index >= 15 is 0 Å². The SMILES string of the molecule is CC1=CC(C)(C2=c3ccccc3=C(C3=CC(C)C=C3)C3CCC=CC23)C=C1. The molecule has 0 aromatic heterocycles. The molecule has 0 heteroatoms. The van der Waals surface area contributed by atoms with E-state index in [-0.39, 0.29) is 5.41 Å². The topological polar surface area (TPSA) is 0 Å². The number of hydrogen-bond acceptors (Lipinski definition) is 0. The summed E-state index contributed by atoms with van der Waals surface area (Å²) in [6.45, 7) is 6.90. The third-order valence-corrected chi connectivity index (χ3v) is 6.77. The molecule has 0 amide bonds. The molecule has 0 N–H and O–H groups in total. The van der Waals surface area contributed by atoms with Crippen LogP contribution < -0.4 is 10.4 Å². The zero-order valence-corrected chi connectivity index (χ0v) is 16.6. The van der Waals surface area contributed by atoms with E-state index < -0.39 is 0 Å². The zero-order chi connectivity index (χ0) is 18.6. The molecule has 0 radical (unpaired) electrons. The van der Waals surface area contributed by atoms with E-state index in [0.717, 1.165) is 0 Å². The summed E-state index contributed by atoms with van der Waals surface area (Å²) in [5, 5.41) is 2.91. The highest BCUT2D eigenvalue weighted by molar-refractivity contribution is 5.79. The fourth-order valence-corrected chi connectivity index (χ4v) is 5.68. The molecular weight excluding hydrogens is 324 g/mol. The van der Waals surface area contributed by atoms with Crippen molar-refractivity contribution in [1.82, 2.24) is 0 Å². The van der Waals surface area contributed by atoms with Gasteiger partial charge in [-0.1, -0.05) is 85.4 Å². The largest absolute Gasteiger partial charge is 0.0879 e. The Morgan fingerprint density at radius 1 is 1.04 bits per heavy atom. The second kappa shape index (κ2) is 6.09. The summed E-state index contributed by atoms with van der Waals surface area (Å²) in [6.07, 6.45) is 21.7. The Morgan fingerprint density at radius 3 is 2.56 bits per heavy atom. The van der Waals surface area contributed by atoms with Crippen molar-refractivity contribution in [1.29, 1.82) is 0 Å². The van der Waals surface area contributed by atoms with Crippen LogP contribution in [0.15, 0.2) is 84.0 Å². The Labute approximate surface area is 162 Å². The molecule has 0 bridgehead atoms. The van der Waals surface area contributed by atoms with Crippen LogP contribution in [-0.2, 0) is 0 Å². The maximum atomic E-state index is 2.50. The summed E-state index contributed by atoms with van der Waals surface area (Å²) in [6, 6.07) is 9.14. The van der Waals surface area contributed by atoms with E-state index in [4.69, 9.17) is 0 Å². The Balaban J connectivity index is 1.89. The Bertz CT molecular complexity index is 1070. The van der Waals surface area contributed by atoms with Crippen LogP contribution in [-0.4, -0.2) is 0 Å². The highest BCUT2D eigenvalue weighted by atomic mass is 14.4. The third-order valence-electron chi connectivity index (χ3n) is 6.77. The van der Waals surface area contributed by atoms with Crippen LogP contribution in [0, 0.1) is 23.2 Å². The van der Waals surface area contributed by atoms with Gasteiger partial charge in [0.25, 0.3) is 0 Å². The van der Waals surface area contributed by atoms with Gasteiger partial charge in [0.2, 0.25) is 0 Å². The molecule has 0 aliphatic heterocycles. The normalized spacial score (nSPS) is 33.8. The lowest BCUT2D eigenvalue weighted by molar-refractivity contribution is 0.480. The highest BCUT2D eigenvalue weighted by Crippen LogP contribution is 2.49. The lowest BCUT2D eigenvalue weighted by Gasteiger charge is -2.40. The van der Waals surface area contributed by atoms with Gasteiger partial charge in [0, 0.05) is 11.3 Å². The van der Waals surface area contributed by atoms with E-state index in [9.17, 15) is 0 Å². The zero-order valence-electron chi connectivity index (χ0n) is 16.6. The number of rotatable bonds is 2. The monoisotopic (exact) mass is 352 g/mol. The van der Waals surface area contributed by atoms with E-state index in [1.807, 2.05) is 0 Å². The van der Waals surface area contributed by atoms with Gasteiger partial charge in [-0.25, -0.2) is 0 Å². The van der Waals surface area contributed by atoms with Crippen LogP contribution in [0.3, 0.4) is 0 Å². The standard InChI is InChI=1S/C27H28/c1-18-12-13-20(16-18)25-21-8-4-6-10-23(21)26(24-11-7-5-9-22(24)25)27(3)15-14-19(2)17-27/h4,6-8,10-18,22,24H,5,9H2,1-3H3. The maximum absolute atomic E-state index is 2.50. The Hall–Kier alpha value is -2.34. The van der Waals surface area contributed by atoms with Crippen molar-refractivity contribution in [2.75, 3.05) is 0 Å². The van der Waals surface area contributed by atoms with Crippen LogP contribution >= 0.6 is 0 Å². The smallest absolute Gasteiger partial charge is 0.0267 e. The van der Waals surface area contributed by atoms with Crippen molar-refractivity contribution < 1.29 is 0 Å². The minimum Gasteiger partial charge on any atom is -0.0879 e. The fourth-order valence-electron chi connectivity index (χ4n) is 5.68. The molecule has 5 rings (SSSR count). The molecule has 0 saturated heterocycles. The van der Waals surface area contributed by atoms with Crippen LogP contribution in [0.2, 0.25) is 0 Å².